The third kappa shape index (κ3) is 4.68. The van der Waals surface area contributed by atoms with E-state index in [4.69, 9.17) is 4.74 Å². The zero-order valence-corrected chi connectivity index (χ0v) is 22.5. The molecule has 2 amide bonds. The van der Waals surface area contributed by atoms with Crippen LogP contribution in [0.15, 0.2) is 24.3 Å². The molecular weight excluding hydrogens is 464 g/mol. The number of likely N-dealkylation sites (tertiary alicyclic amines) is 1. The van der Waals surface area contributed by atoms with Crippen molar-refractivity contribution in [1.82, 2.24) is 9.80 Å². The van der Waals surface area contributed by atoms with Crippen molar-refractivity contribution in [1.29, 1.82) is 0 Å². The van der Waals surface area contributed by atoms with Crippen molar-refractivity contribution >= 4 is 29.5 Å². The van der Waals surface area contributed by atoms with Crippen molar-refractivity contribution in [3.63, 3.8) is 0 Å². The van der Waals surface area contributed by atoms with Crippen LogP contribution in [-0.2, 0) is 19.1 Å². The number of β-amino-alcohol motifs (C(OH)–C–C–N with tert-alkyl or cyclic N) is 1. The molecular formula is C27H40N2O5S. The zero-order chi connectivity index (χ0) is 25.6. The number of nitrogens with zero attached hydrogens (tertiary/aromatic N) is 2. The van der Waals surface area contributed by atoms with Gasteiger partial charge in [0, 0.05) is 23.9 Å². The van der Waals surface area contributed by atoms with Gasteiger partial charge in [0.15, 0.2) is 0 Å². The number of hydrogen-bond acceptors (Lipinski definition) is 6. The Hall–Kier alpha value is -1.80. The van der Waals surface area contributed by atoms with Crippen molar-refractivity contribution in [3.05, 3.63) is 24.3 Å². The van der Waals surface area contributed by atoms with Crippen LogP contribution < -0.4 is 0 Å². The Bertz CT molecular complexity index is 923. The minimum atomic E-state index is -0.872. The molecule has 5 atom stereocenters. The highest BCUT2D eigenvalue weighted by molar-refractivity contribution is 8.02. The minimum Gasteiger partial charge on any atom is -0.465 e. The van der Waals surface area contributed by atoms with Crippen LogP contribution in [0.2, 0.25) is 0 Å². The van der Waals surface area contributed by atoms with Crippen molar-refractivity contribution in [2.75, 3.05) is 26.3 Å². The third-order valence-electron chi connectivity index (χ3n) is 7.64. The minimum absolute atomic E-state index is 0.00935. The van der Waals surface area contributed by atoms with Gasteiger partial charge in [-0.05, 0) is 44.9 Å². The Labute approximate surface area is 213 Å². The number of carbonyl (C=O) groups is 3. The van der Waals surface area contributed by atoms with Gasteiger partial charge in [0.05, 0.1) is 29.8 Å². The monoisotopic (exact) mass is 504 g/mol. The molecule has 0 aromatic heterocycles. The molecule has 1 N–H and O–H groups in total. The van der Waals surface area contributed by atoms with E-state index in [1.54, 1.807) is 11.8 Å². The molecule has 2 saturated heterocycles. The number of rotatable bonds is 4. The maximum Gasteiger partial charge on any atom is 0.311 e. The fourth-order valence-electron chi connectivity index (χ4n) is 6.70. The molecule has 0 aromatic rings. The molecule has 0 radical (unpaired) electrons. The first-order valence-electron chi connectivity index (χ1n) is 12.8. The lowest BCUT2D eigenvalue weighted by molar-refractivity contribution is -0.153. The SMILES string of the molecule is CC(C)(C)CC(C)(C)N1CC=C[C@]23S[C@@H]4/C=C\CCCCOC(=O)[C@@H]4[C@H]2C(=O)N(CCO)C3C1=O. The normalized spacial score (nSPS) is 34.7. The third-order valence-corrected chi connectivity index (χ3v) is 9.38. The van der Waals surface area contributed by atoms with Gasteiger partial charge in [-0.2, -0.15) is 0 Å². The number of amides is 2. The Morgan fingerprint density at radius 1 is 1.11 bits per heavy atom. The first kappa shape index (κ1) is 26.3. The molecule has 1 spiro atoms. The number of fused-ring (bicyclic) bond motifs is 2. The maximum absolute atomic E-state index is 14.3. The molecule has 35 heavy (non-hydrogen) atoms. The number of esters is 1. The summed E-state index contributed by atoms with van der Waals surface area (Å²) in [6.45, 7) is 11.3. The van der Waals surface area contributed by atoms with E-state index in [1.165, 1.54) is 4.90 Å². The van der Waals surface area contributed by atoms with Crippen LogP contribution >= 0.6 is 11.8 Å². The smallest absolute Gasteiger partial charge is 0.311 e. The predicted octanol–water partition coefficient (Wildman–Crippen LogP) is 3.17. The number of ether oxygens (including phenoxy) is 1. The number of carbonyl (C=O) groups excluding carboxylic acids is 3. The van der Waals surface area contributed by atoms with E-state index >= 15 is 0 Å². The summed E-state index contributed by atoms with van der Waals surface area (Å²) in [5.74, 6) is -2.05. The van der Waals surface area contributed by atoms with Crippen LogP contribution in [0.25, 0.3) is 0 Å². The van der Waals surface area contributed by atoms with Gasteiger partial charge in [-0.25, -0.2) is 0 Å². The summed E-state index contributed by atoms with van der Waals surface area (Å²) < 4.78 is 4.75. The summed E-state index contributed by atoms with van der Waals surface area (Å²) in [4.78, 5) is 44.9. The second-order valence-electron chi connectivity index (χ2n) is 12.1. The number of thioether (sulfide) groups is 1. The van der Waals surface area contributed by atoms with E-state index < -0.39 is 28.2 Å². The molecule has 0 bridgehead atoms. The molecule has 4 rings (SSSR count). The highest BCUT2D eigenvalue weighted by Crippen LogP contribution is 2.61. The van der Waals surface area contributed by atoms with Crippen molar-refractivity contribution in [2.24, 2.45) is 17.3 Å². The fraction of sp³-hybridized carbons (Fsp3) is 0.741. The average molecular weight is 505 g/mol. The summed E-state index contributed by atoms with van der Waals surface area (Å²) in [5.41, 5.74) is -0.424. The number of cyclic esters (lactones) is 1. The Morgan fingerprint density at radius 2 is 1.86 bits per heavy atom. The quantitative estimate of drug-likeness (QED) is 0.468. The fourth-order valence-corrected chi connectivity index (χ4v) is 8.70. The highest BCUT2D eigenvalue weighted by atomic mass is 32.2. The van der Waals surface area contributed by atoms with Gasteiger partial charge in [-0.15, -0.1) is 11.8 Å². The predicted molar refractivity (Wildman–Crippen MR) is 137 cm³/mol. The first-order valence-corrected chi connectivity index (χ1v) is 13.7. The van der Waals surface area contributed by atoms with Crippen LogP contribution in [0, 0.1) is 17.3 Å². The van der Waals surface area contributed by atoms with Gasteiger partial charge >= 0.3 is 5.97 Å². The lowest BCUT2D eigenvalue weighted by Crippen LogP contribution is -2.59. The van der Waals surface area contributed by atoms with E-state index in [0.717, 1.165) is 25.7 Å². The number of aliphatic hydroxyl groups is 1. The molecule has 0 aliphatic carbocycles. The number of aliphatic hydroxyl groups excluding tert-OH is 1. The van der Waals surface area contributed by atoms with Crippen molar-refractivity contribution in [2.45, 2.75) is 81.9 Å². The second-order valence-corrected chi connectivity index (χ2v) is 13.6. The molecule has 1 unspecified atom stereocenters. The van der Waals surface area contributed by atoms with Gasteiger partial charge in [0.1, 0.15) is 6.04 Å². The van der Waals surface area contributed by atoms with Crippen molar-refractivity contribution in [3.8, 4) is 0 Å². The molecule has 194 valence electrons. The van der Waals surface area contributed by atoms with Crippen LogP contribution in [0.3, 0.4) is 0 Å². The molecule has 7 nitrogen and oxygen atoms in total. The largest absolute Gasteiger partial charge is 0.465 e. The number of allylic oxidation sites excluding steroid dienone is 1. The summed E-state index contributed by atoms with van der Waals surface area (Å²) >= 11 is 1.55. The lowest BCUT2D eigenvalue weighted by atomic mass is 9.78. The molecule has 8 heteroatoms. The van der Waals surface area contributed by atoms with E-state index in [0.29, 0.717) is 13.2 Å². The van der Waals surface area contributed by atoms with Gasteiger partial charge in [-0.1, -0.05) is 45.1 Å². The highest BCUT2D eigenvalue weighted by Gasteiger charge is 2.71. The molecule has 4 heterocycles. The summed E-state index contributed by atoms with van der Waals surface area (Å²) in [7, 11) is 0. The molecule has 2 fully saturated rings. The van der Waals surface area contributed by atoms with Crippen LogP contribution in [-0.4, -0.2) is 80.6 Å². The second kappa shape index (κ2) is 9.58. The van der Waals surface area contributed by atoms with E-state index in [9.17, 15) is 19.5 Å². The topological polar surface area (TPSA) is 87.2 Å². The number of hydrogen-bond donors (Lipinski definition) is 1. The molecule has 0 aromatic carbocycles. The summed E-state index contributed by atoms with van der Waals surface area (Å²) in [6, 6.07) is -0.769. The van der Waals surface area contributed by atoms with E-state index in [1.807, 2.05) is 23.1 Å². The average Bonchev–Trinajstić information content (AvgIpc) is 3.12. The van der Waals surface area contributed by atoms with Crippen LogP contribution in [0.5, 0.6) is 0 Å². The zero-order valence-electron chi connectivity index (χ0n) is 21.7. The first-order chi connectivity index (χ1) is 16.4. The molecule has 4 aliphatic rings. The molecule has 4 aliphatic heterocycles. The van der Waals surface area contributed by atoms with Crippen molar-refractivity contribution < 1.29 is 24.2 Å². The standard InChI is InChI=1S/C27H40N2O5S/c1-25(2,3)17-26(4,5)29-13-10-12-27-20(22(31)28(14-15-30)21(27)23(29)32)19-18(35-27)11-8-6-7-9-16-34-24(19)33/h8,10-12,18-21,30H,6-7,9,13-17H2,1-5H3/b11-8-/t18-,19+,20+,21?,27+/m1/s1. The van der Waals surface area contributed by atoms with Crippen LogP contribution in [0.1, 0.15) is 60.3 Å². The van der Waals surface area contributed by atoms with Gasteiger partial charge in [0.2, 0.25) is 11.8 Å². The summed E-state index contributed by atoms with van der Waals surface area (Å²) in [6.07, 6.45) is 11.6. The van der Waals surface area contributed by atoms with Gasteiger partial charge in [-0.3, -0.25) is 14.4 Å². The van der Waals surface area contributed by atoms with E-state index in [-0.39, 0.29) is 41.6 Å². The van der Waals surface area contributed by atoms with Crippen LogP contribution in [0.4, 0.5) is 0 Å². The van der Waals surface area contributed by atoms with E-state index in [2.05, 4.69) is 40.7 Å². The van der Waals surface area contributed by atoms with Gasteiger partial charge < -0.3 is 19.6 Å². The Kier molecular flexibility index (Phi) is 7.19. The van der Waals surface area contributed by atoms with Gasteiger partial charge in [0.25, 0.3) is 0 Å². The summed E-state index contributed by atoms with van der Waals surface area (Å²) in [5, 5.41) is 9.58. The lowest BCUT2D eigenvalue weighted by Gasteiger charge is -2.44. The Morgan fingerprint density at radius 3 is 2.54 bits per heavy atom. The molecule has 0 saturated carbocycles. The maximum atomic E-state index is 14.3. The Balaban J connectivity index is 1.79.